The van der Waals surface area contributed by atoms with Gasteiger partial charge in [-0.25, -0.2) is 0 Å². The van der Waals surface area contributed by atoms with Crippen LogP contribution in [0.25, 0.3) is 0 Å². The van der Waals surface area contributed by atoms with Crippen molar-refractivity contribution < 1.29 is 9.53 Å². The average Bonchev–Trinajstić information content (AvgIpc) is 2.74. The summed E-state index contributed by atoms with van der Waals surface area (Å²) in [5.74, 6) is 0.949. The lowest BCUT2D eigenvalue weighted by Gasteiger charge is -2.11. The lowest BCUT2D eigenvalue weighted by atomic mass is 9.92. The first-order valence-electron chi connectivity index (χ1n) is 6.04. The number of ketones is 1. The van der Waals surface area contributed by atoms with Gasteiger partial charge in [0.1, 0.15) is 11.5 Å². The maximum Gasteiger partial charge on any atom is 0.149 e. The topological polar surface area (TPSA) is 26.3 Å². The number of hydrogen-bond acceptors (Lipinski definition) is 2. The van der Waals surface area contributed by atoms with E-state index in [1.165, 1.54) is 0 Å². The van der Waals surface area contributed by atoms with Crippen molar-refractivity contribution in [3.8, 4) is 5.75 Å². The maximum absolute atomic E-state index is 12.2. The zero-order valence-corrected chi connectivity index (χ0v) is 10.2. The number of fused-ring (bicyclic) bond motifs is 1. The molecule has 2 nitrogen and oxygen atoms in total. The van der Waals surface area contributed by atoms with E-state index < -0.39 is 0 Å². The van der Waals surface area contributed by atoms with Crippen molar-refractivity contribution in [2.45, 2.75) is 12.3 Å². The second-order valence-electron chi connectivity index (χ2n) is 4.55. The molecule has 2 heteroatoms. The third-order valence-electron chi connectivity index (χ3n) is 3.48. The predicted octanol–water partition coefficient (Wildman–Crippen LogP) is 2.95. The zero-order valence-electron chi connectivity index (χ0n) is 10.2. The van der Waals surface area contributed by atoms with Crippen molar-refractivity contribution in [1.29, 1.82) is 0 Å². The second-order valence-corrected chi connectivity index (χ2v) is 4.55. The quantitative estimate of drug-likeness (QED) is 0.804. The molecule has 3 rings (SSSR count). The molecule has 0 saturated carbocycles. The third-order valence-corrected chi connectivity index (χ3v) is 3.48. The van der Waals surface area contributed by atoms with E-state index in [4.69, 9.17) is 4.74 Å². The van der Waals surface area contributed by atoms with Gasteiger partial charge in [-0.2, -0.15) is 0 Å². The van der Waals surface area contributed by atoms with Crippen molar-refractivity contribution in [3.63, 3.8) is 0 Å². The van der Waals surface area contributed by atoms with Gasteiger partial charge < -0.3 is 4.74 Å². The lowest BCUT2D eigenvalue weighted by molar-refractivity contribution is -0.118. The van der Waals surface area contributed by atoms with Crippen LogP contribution in [0, 0.1) is 0 Å². The Morgan fingerprint density at radius 2 is 1.89 bits per heavy atom. The molecule has 0 saturated heterocycles. The van der Waals surface area contributed by atoms with Crippen LogP contribution in [0.5, 0.6) is 5.75 Å². The number of hydrogen-bond donors (Lipinski definition) is 0. The molecule has 0 aliphatic heterocycles. The summed E-state index contributed by atoms with van der Waals surface area (Å²) in [6.45, 7) is 0. The Kier molecular flexibility index (Phi) is 2.63. The molecule has 0 bridgehead atoms. The first kappa shape index (κ1) is 11.0. The van der Waals surface area contributed by atoms with Crippen LogP contribution in [0.2, 0.25) is 0 Å². The molecule has 0 fully saturated rings. The molecule has 0 amide bonds. The summed E-state index contributed by atoms with van der Waals surface area (Å²) >= 11 is 0. The molecule has 0 aromatic heterocycles. The van der Waals surface area contributed by atoms with Gasteiger partial charge >= 0.3 is 0 Å². The van der Waals surface area contributed by atoms with E-state index in [1.807, 2.05) is 48.5 Å². The molecule has 18 heavy (non-hydrogen) atoms. The highest BCUT2D eigenvalue weighted by Crippen LogP contribution is 2.37. The van der Waals surface area contributed by atoms with Crippen LogP contribution in [0.15, 0.2) is 48.5 Å². The van der Waals surface area contributed by atoms with Crippen LogP contribution in [-0.2, 0) is 11.2 Å². The molecular weight excluding hydrogens is 224 g/mol. The van der Waals surface area contributed by atoms with Gasteiger partial charge in [-0.15, -0.1) is 0 Å². The van der Waals surface area contributed by atoms with Gasteiger partial charge in [0.05, 0.1) is 13.0 Å². The van der Waals surface area contributed by atoms with Crippen molar-refractivity contribution in [3.05, 3.63) is 65.2 Å². The molecule has 0 heterocycles. The molecule has 1 unspecified atom stereocenters. The van der Waals surface area contributed by atoms with Gasteiger partial charge in [0.2, 0.25) is 0 Å². The molecule has 1 aliphatic rings. The molecule has 0 radical (unpaired) electrons. The number of rotatable bonds is 2. The Bertz CT molecular complexity index is 587. The van der Waals surface area contributed by atoms with Crippen molar-refractivity contribution >= 4 is 5.78 Å². The third kappa shape index (κ3) is 1.70. The minimum Gasteiger partial charge on any atom is -0.497 e. The molecule has 0 spiro atoms. The van der Waals surface area contributed by atoms with Crippen molar-refractivity contribution in [1.82, 2.24) is 0 Å². The summed E-state index contributed by atoms with van der Waals surface area (Å²) in [5.41, 5.74) is 3.27. The normalized spacial score (nSPS) is 17.6. The van der Waals surface area contributed by atoms with Gasteiger partial charge in [0.25, 0.3) is 0 Å². The van der Waals surface area contributed by atoms with E-state index in [1.54, 1.807) is 7.11 Å². The number of Topliss-reactive ketones (excluding diaryl/α,β-unsaturated/α-hetero) is 1. The van der Waals surface area contributed by atoms with E-state index in [-0.39, 0.29) is 11.7 Å². The van der Waals surface area contributed by atoms with Gasteiger partial charge in [-0.3, -0.25) is 4.79 Å². The smallest absolute Gasteiger partial charge is 0.149 e. The summed E-state index contributed by atoms with van der Waals surface area (Å²) in [6, 6.07) is 15.8. The van der Waals surface area contributed by atoms with Crippen molar-refractivity contribution in [2.24, 2.45) is 0 Å². The Balaban J connectivity index is 2.11. The van der Waals surface area contributed by atoms with Crippen LogP contribution in [0.4, 0.5) is 0 Å². The Morgan fingerprint density at radius 3 is 2.61 bits per heavy atom. The fourth-order valence-electron chi connectivity index (χ4n) is 2.60. The van der Waals surface area contributed by atoms with Gasteiger partial charge in [-0.1, -0.05) is 36.4 Å². The zero-order chi connectivity index (χ0) is 12.5. The fraction of sp³-hybridized carbons (Fsp3) is 0.188. The Morgan fingerprint density at radius 1 is 1.11 bits per heavy atom. The fourth-order valence-corrected chi connectivity index (χ4v) is 2.60. The number of benzene rings is 2. The standard InChI is InChI=1S/C16H14O2/c1-18-13-8-7-12-9-15(17)16(14(12)10-13)11-5-3-2-4-6-11/h2-8,10,16H,9H2,1H3. The van der Waals surface area contributed by atoms with E-state index >= 15 is 0 Å². The number of carbonyl (C=O) groups is 1. The van der Waals surface area contributed by atoms with E-state index in [0.717, 1.165) is 22.4 Å². The number of ether oxygens (including phenoxy) is 1. The SMILES string of the molecule is COc1ccc2c(c1)C(c1ccccc1)C(=O)C2. The minimum absolute atomic E-state index is 0.128. The summed E-state index contributed by atoms with van der Waals surface area (Å²) < 4.78 is 5.25. The largest absolute Gasteiger partial charge is 0.497 e. The molecule has 0 N–H and O–H groups in total. The summed E-state index contributed by atoms with van der Waals surface area (Å²) in [4.78, 5) is 12.2. The molecule has 2 aromatic rings. The first-order valence-corrected chi connectivity index (χ1v) is 6.04. The number of carbonyl (C=O) groups excluding carboxylic acids is 1. The highest BCUT2D eigenvalue weighted by molar-refractivity contribution is 5.95. The Labute approximate surface area is 106 Å². The highest BCUT2D eigenvalue weighted by atomic mass is 16.5. The van der Waals surface area contributed by atoms with Gasteiger partial charge in [0, 0.05) is 6.42 Å². The summed E-state index contributed by atoms with van der Waals surface area (Å²) in [7, 11) is 1.65. The van der Waals surface area contributed by atoms with Crippen LogP contribution in [0.3, 0.4) is 0 Å². The Hall–Kier alpha value is -2.09. The molecule has 1 atom stereocenters. The summed E-state index contributed by atoms with van der Waals surface area (Å²) in [5, 5.41) is 0. The highest BCUT2D eigenvalue weighted by Gasteiger charge is 2.31. The first-order chi connectivity index (χ1) is 8.79. The summed E-state index contributed by atoms with van der Waals surface area (Å²) in [6.07, 6.45) is 0.527. The van der Waals surface area contributed by atoms with E-state index in [0.29, 0.717) is 6.42 Å². The van der Waals surface area contributed by atoms with E-state index in [9.17, 15) is 4.79 Å². The van der Waals surface area contributed by atoms with Crippen molar-refractivity contribution in [2.75, 3.05) is 7.11 Å². The van der Waals surface area contributed by atoms with E-state index in [2.05, 4.69) is 0 Å². The monoisotopic (exact) mass is 238 g/mol. The number of methoxy groups -OCH3 is 1. The predicted molar refractivity (Wildman–Crippen MR) is 70.0 cm³/mol. The average molecular weight is 238 g/mol. The maximum atomic E-state index is 12.2. The lowest BCUT2D eigenvalue weighted by Crippen LogP contribution is -2.07. The van der Waals surface area contributed by atoms with Crippen LogP contribution < -0.4 is 4.74 Å². The van der Waals surface area contributed by atoms with Crippen LogP contribution in [-0.4, -0.2) is 12.9 Å². The molecule has 90 valence electrons. The van der Waals surface area contributed by atoms with Crippen LogP contribution >= 0.6 is 0 Å². The molecule has 2 aromatic carbocycles. The molecule has 1 aliphatic carbocycles. The van der Waals surface area contributed by atoms with Gasteiger partial charge in [0.15, 0.2) is 0 Å². The minimum atomic E-state index is -0.128. The van der Waals surface area contributed by atoms with Gasteiger partial charge in [-0.05, 0) is 28.8 Å². The second kappa shape index (κ2) is 4.30. The molecular formula is C16H14O2. The van der Waals surface area contributed by atoms with Crippen LogP contribution in [0.1, 0.15) is 22.6 Å².